The van der Waals surface area contributed by atoms with E-state index in [1.165, 1.54) is 11.1 Å². The van der Waals surface area contributed by atoms with Crippen molar-refractivity contribution in [3.8, 4) is 0 Å². The first-order valence-corrected chi connectivity index (χ1v) is 12.3. The van der Waals surface area contributed by atoms with Crippen molar-refractivity contribution in [1.29, 1.82) is 0 Å². The zero-order valence-electron chi connectivity index (χ0n) is 20.3. The van der Waals surface area contributed by atoms with Crippen LogP contribution in [-0.2, 0) is 14.9 Å². The second-order valence-electron chi connectivity index (χ2n) is 11.2. The molecule has 0 aromatic heterocycles. The van der Waals surface area contributed by atoms with Gasteiger partial charge >= 0.3 is 13.0 Å². The van der Waals surface area contributed by atoms with Crippen molar-refractivity contribution in [3.05, 3.63) is 41.5 Å². The molecule has 1 spiro atoms. The number of carbonyl (C=O) groups excluding carboxylic acids is 1. The maximum atomic E-state index is 13.0. The van der Waals surface area contributed by atoms with Gasteiger partial charge in [0.05, 0.1) is 5.92 Å². The summed E-state index contributed by atoms with van der Waals surface area (Å²) in [7, 11) is -0.550. The summed E-state index contributed by atoms with van der Waals surface area (Å²) in [6, 6.07) is 9.00. The third-order valence-corrected chi connectivity index (χ3v) is 7.55. The molecule has 5 nitrogen and oxygen atoms in total. The largest absolute Gasteiger partial charge is 0.460 e. The molecule has 0 bridgehead atoms. The number of esters is 1. The Morgan fingerprint density at radius 3 is 2.81 bits per heavy atom. The van der Waals surface area contributed by atoms with Gasteiger partial charge < -0.3 is 19.9 Å². The average molecular weight is 438 g/mol. The number of nitrogens with zero attached hydrogens (tertiary/aromatic N) is 1. The van der Waals surface area contributed by atoms with Crippen molar-refractivity contribution in [2.45, 2.75) is 70.8 Å². The van der Waals surface area contributed by atoms with Gasteiger partial charge in [0.25, 0.3) is 0 Å². The molecule has 3 unspecified atom stereocenters. The van der Waals surface area contributed by atoms with Gasteiger partial charge in [-0.05, 0) is 82.9 Å². The first-order valence-electron chi connectivity index (χ1n) is 12.3. The topological polar surface area (TPSA) is 61.8 Å². The van der Waals surface area contributed by atoms with Crippen LogP contribution in [0.5, 0.6) is 0 Å². The van der Waals surface area contributed by atoms with E-state index in [-0.39, 0.29) is 29.3 Å². The Balaban J connectivity index is 1.38. The van der Waals surface area contributed by atoms with E-state index in [2.05, 4.69) is 53.5 Å². The maximum Gasteiger partial charge on any atom is 0.373 e. The van der Waals surface area contributed by atoms with Crippen LogP contribution in [0.1, 0.15) is 58.1 Å². The number of rotatable bonds is 7. The van der Waals surface area contributed by atoms with Gasteiger partial charge in [-0.25, -0.2) is 0 Å². The lowest BCUT2D eigenvalue weighted by Gasteiger charge is -2.44. The summed E-state index contributed by atoms with van der Waals surface area (Å²) in [6.45, 7) is 12.9. The molecule has 3 aliphatic rings. The van der Waals surface area contributed by atoms with Crippen LogP contribution in [0.25, 0.3) is 6.08 Å². The molecule has 1 saturated heterocycles. The lowest BCUT2D eigenvalue weighted by Crippen LogP contribution is -2.48. The zero-order chi connectivity index (χ0) is 23.1. The van der Waals surface area contributed by atoms with Gasteiger partial charge in [0.15, 0.2) is 0 Å². The Labute approximate surface area is 193 Å². The quantitative estimate of drug-likeness (QED) is 0.502. The molecule has 1 heterocycles. The van der Waals surface area contributed by atoms with E-state index in [0.717, 1.165) is 38.9 Å². The normalized spacial score (nSPS) is 30.2. The molecule has 0 radical (unpaired) electrons. The van der Waals surface area contributed by atoms with E-state index in [9.17, 15) is 9.82 Å². The standard InChI is InChI=1S/C26H39BN2O3/c1-18-17-29(15-13-26(18)12-10-19-8-6-7-9-22(19)26)14-11-20(24(30)32-25(2,3)4)21-16-23(21)28-27(5)31/h6-10,12,18,20-21,23,28,31H,11,13-17H2,1-5H3/t18-,20?,21?,23?,26-/m0/s1. The summed E-state index contributed by atoms with van der Waals surface area (Å²) < 4.78 is 5.77. The van der Waals surface area contributed by atoms with Crippen LogP contribution in [-0.4, -0.2) is 54.2 Å². The minimum absolute atomic E-state index is 0.0911. The predicted molar refractivity (Wildman–Crippen MR) is 130 cm³/mol. The molecule has 2 fully saturated rings. The van der Waals surface area contributed by atoms with Gasteiger partial charge in [-0.3, -0.25) is 4.79 Å². The van der Waals surface area contributed by atoms with Crippen LogP contribution < -0.4 is 5.23 Å². The number of likely N-dealkylation sites (tertiary alicyclic amines) is 1. The van der Waals surface area contributed by atoms with Gasteiger partial charge in [-0.15, -0.1) is 0 Å². The molecule has 2 N–H and O–H groups in total. The zero-order valence-corrected chi connectivity index (χ0v) is 20.3. The van der Waals surface area contributed by atoms with E-state index in [1.807, 2.05) is 20.8 Å². The van der Waals surface area contributed by atoms with Crippen LogP contribution in [0.3, 0.4) is 0 Å². The minimum atomic E-state index is -0.550. The highest BCUT2D eigenvalue weighted by molar-refractivity contribution is 6.45. The van der Waals surface area contributed by atoms with E-state index in [1.54, 1.807) is 6.82 Å². The average Bonchev–Trinajstić information content (AvgIpc) is 3.33. The van der Waals surface area contributed by atoms with Gasteiger partial charge in [0.1, 0.15) is 5.60 Å². The lowest BCUT2D eigenvalue weighted by molar-refractivity contribution is -0.161. The van der Waals surface area contributed by atoms with Crippen molar-refractivity contribution in [2.75, 3.05) is 19.6 Å². The SMILES string of the molecule is CB(O)NC1CC1C(CCN1CC[C@@]2(C=Cc3ccccc32)[C@@H](C)C1)C(=O)OC(C)(C)C. The number of allylic oxidation sites excluding steroid dienone is 1. The molecule has 174 valence electrons. The molecule has 6 heteroatoms. The molecule has 1 saturated carbocycles. The fraction of sp³-hybridized carbons (Fsp3) is 0.654. The van der Waals surface area contributed by atoms with Gasteiger partial charge in [0, 0.05) is 18.0 Å². The van der Waals surface area contributed by atoms with Crippen LogP contribution >= 0.6 is 0 Å². The molecule has 1 aromatic carbocycles. The monoisotopic (exact) mass is 438 g/mol. The number of carbonyl (C=O) groups is 1. The Hall–Kier alpha value is -1.63. The summed E-state index contributed by atoms with van der Waals surface area (Å²) in [4.78, 5) is 15.5. The molecule has 4 rings (SSSR count). The van der Waals surface area contributed by atoms with Crippen molar-refractivity contribution >= 4 is 19.1 Å². The molecular formula is C26H39BN2O3. The summed E-state index contributed by atoms with van der Waals surface area (Å²) in [5, 5.41) is 12.9. The Kier molecular flexibility index (Phi) is 6.59. The third-order valence-electron chi connectivity index (χ3n) is 7.55. The van der Waals surface area contributed by atoms with Gasteiger partial charge in [-0.2, -0.15) is 0 Å². The number of hydrogen-bond donors (Lipinski definition) is 2. The van der Waals surface area contributed by atoms with E-state index in [4.69, 9.17) is 4.74 Å². The third kappa shape index (κ3) is 4.98. The van der Waals surface area contributed by atoms with Gasteiger partial charge in [-0.1, -0.05) is 43.3 Å². The van der Waals surface area contributed by atoms with Crippen molar-refractivity contribution in [3.63, 3.8) is 0 Å². The second-order valence-corrected chi connectivity index (χ2v) is 11.2. The highest BCUT2D eigenvalue weighted by Gasteiger charge is 2.48. The highest BCUT2D eigenvalue weighted by atomic mass is 16.6. The number of ether oxygens (including phenoxy) is 1. The fourth-order valence-electron chi connectivity index (χ4n) is 5.84. The maximum absolute atomic E-state index is 13.0. The minimum Gasteiger partial charge on any atom is -0.460 e. The van der Waals surface area contributed by atoms with Crippen molar-refractivity contribution in [1.82, 2.24) is 10.1 Å². The van der Waals surface area contributed by atoms with Crippen LogP contribution in [0, 0.1) is 17.8 Å². The molecule has 5 atom stereocenters. The van der Waals surface area contributed by atoms with Crippen LogP contribution in [0.2, 0.25) is 6.82 Å². The smallest absolute Gasteiger partial charge is 0.373 e. The number of benzene rings is 1. The molecule has 0 amide bonds. The molecule has 1 aliphatic heterocycles. The first kappa shape index (κ1) is 23.5. The first-order chi connectivity index (χ1) is 15.1. The highest BCUT2D eigenvalue weighted by Crippen LogP contribution is 2.47. The lowest BCUT2D eigenvalue weighted by atomic mass is 9.68. The number of piperidine rings is 1. The second kappa shape index (κ2) is 8.96. The predicted octanol–water partition coefficient (Wildman–Crippen LogP) is 3.73. The van der Waals surface area contributed by atoms with Crippen molar-refractivity contribution in [2.24, 2.45) is 17.8 Å². The van der Waals surface area contributed by atoms with Crippen LogP contribution in [0.15, 0.2) is 30.3 Å². The van der Waals surface area contributed by atoms with E-state index < -0.39 is 12.7 Å². The number of hydrogen-bond acceptors (Lipinski definition) is 5. The fourth-order valence-corrected chi connectivity index (χ4v) is 5.84. The summed E-state index contributed by atoms with van der Waals surface area (Å²) >= 11 is 0. The molecular weight excluding hydrogens is 399 g/mol. The Morgan fingerprint density at radius 2 is 2.12 bits per heavy atom. The van der Waals surface area contributed by atoms with E-state index in [0.29, 0.717) is 5.92 Å². The van der Waals surface area contributed by atoms with Gasteiger partial charge in [0.2, 0.25) is 0 Å². The van der Waals surface area contributed by atoms with E-state index >= 15 is 0 Å². The Morgan fingerprint density at radius 1 is 1.38 bits per heavy atom. The molecule has 2 aliphatic carbocycles. The molecule has 1 aromatic rings. The Bertz CT molecular complexity index is 865. The summed E-state index contributed by atoms with van der Waals surface area (Å²) in [5.41, 5.74) is 2.51. The molecule has 32 heavy (non-hydrogen) atoms. The van der Waals surface area contributed by atoms with Crippen molar-refractivity contribution < 1.29 is 14.6 Å². The number of fused-ring (bicyclic) bond motifs is 2. The summed E-state index contributed by atoms with van der Waals surface area (Å²) in [5.74, 6) is 0.565. The van der Waals surface area contributed by atoms with Crippen LogP contribution in [0.4, 0.5) is 0 Å². The number of nitrogens with one attached hydrogen (secondary N) is 1. The summed E-state index contributed by atoms with van der Waals surface area (Å²) in [6.07, 6.45) is 7.58.